The van der Waals surface area contributed by atoms with Crippen LogP contribution in [0.15, 0.2) is 24.3 Å². The first-order valence-electron chi connectivity index (χ1n) is 23.8. The minimum atomic E-state index is -4.38. The van der Waals surface area contributed by atoms with Gasteiger partial charge >= 0.3 is 19.8 Å². The summed E-state index contributed by atoms with van der Waals surface area (Å²) in [6.07, 6.45) is 47.8. The minimum absolute atomic E-state index is 0.0544. The van der Waals surface area contributed by atoms with Crippen molar-refractivity contribution < 1.29 is 37.6 Å². The predicted molar refractivity (Wildman–Crippen MR) is 238 cm³/mol. The zero-order chi connectivity index (χ0) is 41.8. The lowest BCUT2D eigenvalue weighted by molar-refractivity contribution is -0.161. The maximum atomic E-state index is 12.6. The Morgan fingerprint density at radius 2 is 0.877 bits per heavy atom. The van der Waals surface area contributed by atoms with Crippen molar-refractivity contribution in [2.24, 2.45) is 5.73 Å². The van der Waals surface area contributed by atoms with Gasteiger partial charge in [0.05, 0.1) is 13.2 Å². The summed E-state index contributed by atoms with van der Waals surface area (Å²) in [7, 11) is -4.38. The van der Waals surface area contributed by atoms with Gasteiger partial charge in [-0.3, -0.25) is 18.6 Å². The number of rotatable bonds is 45. The van der Waals surface area contributed by atoms with E-state index in [1.165, 1.54) is 161 Å². The van der Waals surface area contributed by atoms with Gasteiger partial charge in [-0.15, -0.1) is 0 Å². The molecule has 2 atom stereocenters. The van der Waals surface area contributed by atoms with E-state index < -0.39 is 26.5 Å². The molecule has 9 nitrogen and oxygen atoms in total. The van der Waals surface area contributed by atoms with Gasteiger partial charge in [-0.05, 0) is 57.8 Å². The topological polar surface area (TPSA) is 134 Å². The van der Waals surface area contributed by atoms with Crippen LogP contribution in [0.25, 0.3) is 0 Å². The summed E-state index contributed by atoms with van der Waals surface area (Å²) in [4.78, 5) is 34.9. The van der Waals surface area contributed by atoms with Crippen molar-refractivity contribution in [3.8, 4) is 0 Å². The highest BCUT2D eigenvalue weighted by Crippen LogP contribution is 2.43. The van der Waals surface area contributed by atoms with Crippen molar-refractivity contribution >= 4 is 19.8 Å². The van der Waals surface area contributed by atoms with Crippen molar-refractivity contribution in [1.29, 1.82) is 0 Å². The number of unbranched alkanes of at least 4 members (excludes halogenated alkanes) is 28. The SMILES string of the molecule is CCCC/C=C/CCCCCCCCCCCC(=O)O[C@@H](COC(=O)CCCCCCCCCCCCC/C=C/CCCCCCCC)COP(=O)(O)OCCN. The molecule has 0 aliphatic rings. The van der Waals surface area contributed by atoms with Gasteiger partial charge in [0.25, 0.3) is 0 Å². The van der Waals surface area contributed by atoms with Gasteiger partial charge < -0.3 is 20.1 Å². The highest BCUT2D eigenvalue weighted by atomic mass is 31.2. The molecule has 0 bridgehead atoms. The summed E-state index contributed by atoms with van der Waals surface area (Å²) in [5, 5.41) is 0. The summed E-state index contributed by atoms with van der Waals surface area (Å²) in [5.41, 5.74) is 5.36. The fourth-order valence-corrected chi connectivity index (χ4v) is 7.49. The second kappa shape index (κ2) is 44.1. The van der Waals surface area contributed by atoms with Gasteiger partial charge in [0, 0.05) is 19.4 Å². The van der Waals surface area contributed by atoms with Crippen LogP contribution in [0.5, 0.6) is 0 Å². The second-order valence-electron chi connectivity index (χ2n) is 16.0. The highest BCUT2D eigenvalue weighted by Gasteiger charge is 2.26. The Balaban J connectivity index is 4.04. The van der Waals surface area contributed by atoms with Crippen LogP contribution in [0, 0.1) is 0 Å². The zero-order valence-corrected chi connectivity index (χ0v) is 38.0. The Kier molecular flexibility index (Phi) is 42.9. The largest absolute Gasteiger partial charge is 0.472 e. The number of hydrogen-bond donors (Lipinski definition) is 2. The van der Waals surface area contributed by atoms with Crippen LogP contribution >= 0.6 is 7.82 Å². The number of phosphoric acid groups is 1. The molecule has 0 radical (unpaired) electrons. The highest BCUT2D eigenvalue weighted by molar-refractivity contribution is 7.47. The molecule has 3 N–H and O–H groups in total. The van der Waals surface area contributed by atoms with E-state index in [1.807, 2.05) is 0 Å². The fraction of sp³-hybridized carbons (Fsp3) is 0.872. The number of ether oxygens (including phenoxy) is 2. The molecule has 0 saturated carbocycles. The summed E-state index contributed by atoms with van der Waals surface area (Å²) in [5.74, 6) is -0.823. The standard InChI is InChI=1S/C47H90NO8P/c1-3-5-7-9-11-13-15-17-19-20-21-22-23-24-26-27-29-31-33-35-37-39-46(49)53-43-45(44-55-57(51,52)54-42-41-48)56-47(50)40-38-36-34-32-30-28-25-18-16-14-12-10-8-6-4-2/h10,12,17,19,45H,3-9,11,13-16,18,20-44,48H2,1-2H3,(H,51,52)/b12-10+,19-17+/t45-/m0/s1. The molecule has 0 aromatic rings. The van der Waals surface area contributed by atoms with E-state index in [9.17, 15) is 19.0 Å². The summed E-state index contributed by atoms with van der Waals surface area (Å²) in [6.45, 7) is 3.73. The minimum Gasteiger partial charge on any atom is -0.462 e. The number of phosphoric ester groups is 1. The molecule has 0 fully saturated rings. The Hall–Kier alpha value is -1.51. The van der Waals surface area contributed by atoms with Gasteiger partial charge in [0.1, 0.15) is 6.61 Å². The molecule has 1 unspecified atom stereocenters. The zero-order valence-electron chi connectivity index (χ0n) is 37.1. The molecule has 0 aliphatic carbocycles. The molecule has 10 heteroatoms. The Bertz CT molecular complexity index is 990. The van der Waals surface area contributed by atoms with Crippen molar-refractivity contribution in [3.05, 3.63) is 24.3 Å². The Morgan fingerprint density at radius 1 is 0.509 bits per heavy atom. The molecular formula is C47H90NO8P. The number of esters is 2. The van der Waals surface area contributed by atoms with Crippen LogP contribution in [-0.4, -0.2) is 49.3 Å². The third-order valence-corrected chi connectivity index (χ3v) is 11.3. The summed E-state index contributed by atoms with van der Waals surface area (Å²) in [6, 6.07) is 0. The van der Waals surface area contributed by atoms with E-state index in [1.54, 1.807) is 0 Å². The molecule has 57 heavy (non-hydrogen) atoms. The number of hydrogen-bond acceptors (Lipinski definition) is 8. The molecule has 0 aromatic carbocycles. The summed E-state index contributed by atoms with van der Waals surface area (Å²) < 4.78 is 32.9. The van der Waals surface area contributed by atoms with Gasteiger partial charge in [-0.25, -0.2) is 4.57 Å². The average Bonchev–Trinajstić information content (AvgIpc) is 3.20. The van der Waals surface area contributed by atoms with Crippen molar-refractivity contribution in [3.63, 3.8) is 0 Å². The summed E-state index contributed by atoms with van der Waals surface area (Å²) >= 11 is 0. The van der Waals surface area contributed by atoms with Crippen LogP contribution in [0.4, 0.5) is 0 Å². The lowest BCUT2D eigenvalue weighted by Gasteiger charge is -2.19. The molecule has 0 spiro atoms. The maximum Gasteiger partial charge on any atom is 0.472 e. The molecule has 336 valence electrons. The van der Waals surface area contributed by atoms with Crippen molar-refractivity contribution in [2.75, 3.05) is 26.4 Å². The average molecular weight is 828 g/mol. The van der Waals surface area contributed by atoms with Gasteiger partial charge in [-0.1, -0.05) is 186 Å². The number of allylic oxidation sites excluding steroid dienone is 4. The third-order valence-electron chi connectivity index (χ3n) is 10.3. The van der Waals surface area contributed by atoms with E-state index in [-0.39, 0.29) is 38.6 Å². The van der Waals surface area contributed by atoms with Gasteiger partial charge in [0.15, 0.2) is 6.10 Å². The van der Waals surface area contributed by atoms with Crippen LogP contribution in [0.3, 0.4) is 0 Å². The molecule has 0 aliphatic heterocycles. The number of carbonyl (C=O) groups is 2. The first-order valence-corrected chi connectivity index (χ1v) is 25.3. The van der Waals surface area contributed by atoms with E-state index in [0.29, 0.717) is 6.42 Å². The van der Waals surface area contributed by atoms with Crippen molar-refractivity contribution in [1.82, 2.24) is 0 Å². The number of carbonyl (C=O) groups excluding carboxylic acids is 2. The van der Waals surface area contributed by atoms with Crippen molar-refractivity contribution in [2.45, 2.75) is 238 Å². The normalized spacial score (nSPS) is 13.4. The molecule has 0 amide bonds. The van der Waals surface area contributed by atoms with E-state index in [4.69, 9.17) is 24.3 Å². The molecule has 0 saturated heterocycles. The van der Waals surface area contributed by atoms with Crippen LogP contribution in [0.1, 0.15) is 232 Å². The smallest absolute Gasteiger partial charge is 0.462 e. The lowest BCUT2D eigenvalue weighted by atomic mass is 10.0. The van der Waals surface area contributed by atoms with E-state index >= 15 is 0 Å². The van der Waals surface area contributed by atoms with Gasteiger partial charge in [-0.2, -0.15) is 0 Å². The monoisotopic (exact) mass is 828 g/mol. The Labute approximate surface area is 351 Å². The molecule has 0 aromatic heterocycles. The van der Waals surface area contributed by atoms with Crippen LogP contribution < -0.4 is 5.73 Å². The van der Waals surface area contributed by atoms with Crippen LogP contribution in [0.2, 0.25) is 0 Å². The first kappa shape index (κ1) is 55.5. The number of nitrogens with two attached hydrogens (primary N) is 1. The molecular weight excluding hydrogens is 737 g/mol. The van der Waals surface area contributed by atoms with Gasteiger partial charge in [0.2, 0.25) is 0 Å². The first-order chi connectivity index (χ1) is 27.8. The quantitative estimate of drug-likeness (QED) is 0.0266. The maximum absolute atomic E-state index is 12.6. The molecule has 0 rings (SSSR count). The lowest BCUT2D eigenvalue weighted by Crippen LogP contribution is -2.29. The van der Waals surface area contributed by atoms with E-state index in [0.717, 1.165) is 38.5 Å². The third kappa shape index (κ3) is 43.9. The molecule has 0 heterocycles. The van der Waals surface area contributed by atoms with Crippen LogP contribution in [-0.2, 0) is 32.7 Å². The van der Waals surface area contributed by atoms with E-state index in [2.05, 4.69) is 38.2 Å². The fourth-order valence-electron chi connectivity index (χ4n) is 6.73. The Morgan fingerprint density at radius 3 is 1.30 bits per heavy atom. The predicted octanol–water partition coefficient (Wildman–Crippen LogP) is 13.9. The second-order valence-corrected chi connectivity index (χ2v) is 17.4.